The first-order valence-corrected chi connectivity index (χ1v) is 13.9. The topological polar surface area (TPSA) is 17.1 Å². The number of aryl methyl sites for hydroxylation is 1. The summed E-state index contributed by atoms with van der Waals surface area (Å²) in [5.74, 6) is 2.95. The Morgan fingerprint density at radius 3 is 2.32 bits per heavy atom. The van der Waals surface area contributed by atoms with Gasteiger partial charge in [-0.05, 0) is 95.7 Å². The molecule has 3 fully saturated rings. The van der Waals surface area contributed by atoms with Crippen molar-refractivity contribution < 1.29 is 4.79 Å². The standard InChI is InChI=1S/C33H38O/c34-33(32-21-29(25-18-19-25)20-28-8-4-5-9-30(28)32)22-31(26-6-2-1-3-7-26)27-16-14-24(15-17-27)13-12-23-10-11-23/h4-5,8-9,14-17,20-21,23,25-26,31H,1-3,6-7,10-13,18-19,22H2/t31-/m1/s1. The van der Waals surface area contributed by atoms with Crippen molar-refractivity contribution >= 4 is 16.6 Å². The molecule has 0 bridgehead atoms. The van der Waals surface area contributed by atoms with Gasteiger partial charge in [0.1, 0.15) is 0 Å². The van der Waals surface area contributed by atoms with Crippen LogP contribution in [-0.4, -0.2) is 5.78 Å². The lowest BCUT2D eigenvalue weighted by Gasteiger charge is -2.30. The summed E-state index contributed by atoms with van der Waals surface area (Å²) in [4.78, 5) is 13.9. The highest BCUT2D eigenvalue weighted by Gasteiger charge is 2.30. The van der Waals surface area contributed by atoms with Crippen LogP contribution in [0.1, 0.15) is 110 Å². The maximum absolute atomic E-state index is 13.9. The SMILES string of the molecule is O=C(C[C@@H](c1ccc(CCC2CC2)cc1)C1CCCCC1)c1cc(C2CC2)cc2ccccc12. The van der Waals surface area contributed by atoms with Crippen molar-refractivity contribution in [2.75, 3.05) is 0 Å². The number of hydrogen-bond acceptors (Lipinski definition) is 1. The second-order valence-corrected chi connectivity index (χ2v) is 11.4. The van der Waals surface area contributed by atoms with Gasteiger partial charge in [0.15, 0.2) is 5.78 Å². The number of carbonyl (C=O) groups excluding carboxylic acids is 1. The molecular formula is C33H38O. The van der Waals surface area contributed by atoms with E-state index in [4.69, 9.17) is 0 Å². The average molecular weight is 451 g/mol. The summed E-state index contributed by atoms with van der Waals surface area (Å²) in [7, 11) is 0. The zero-order valence-electron chi connectivity index (χ0n) is 20.5. The van der Waals surface area contributed by atoms with Gasteiger partial charge in [-0.3, -0.25) is 4.79 Å². The molecule has 0 radical (unpaired) electrons. The van der Waals surface area contributed by atoms with Crippen LogP contribution in [0.3, 0.4) is 0 Å². The molecule has 34 heavy (non-hydrogen) atoms. The van der Waals surface area contributed by atoms with Gasteiger partial charge in [0, 0.05) is 12.0 Å². The van der Waals surface area contributed by atoms with E-state index in [1.54, 1.807) is 0 Å². The number of benzene rings is 3. The van der Waals surface area contributed by atoms with Crippen LogP contribution in [0, 0.1) is 11.8 Å². The minimum absolute atomic E-state index is 0.340. The third-order valence-electron chi connectivity index (χ3n) is 8.80. The van der Waals surface area contributed by atoms with E-state index in [0.29, 0.717) is 30.0 Å². The van der Waals surface area contributed by atoms with Gasteiger partial charge in [-0.25, -0.2) is 0 Å². The average Bonchev–Trinajstić information content (AvgIpc) is 3.80. The zero-order chi connectivity index (χ0) is 22.9. The van der Waals surface area contributed by atoms with Crippen molar-refractivity contribution in [1.29, 1.82) is 0 Å². The van der Waals surface area contributed by atoms with Gasteiger partial charge in [-0.15, -0.1) is 0 Å². The van der Waals surface area contributed by atoms with Gasteiger partial charge in [-0.2, -0.15) is 0 Å². The predicted octanol–water partition coefficient (Wildman–Crippen LogP) is 9.00. The first-order valence-electron chi connectivity index (χ1n) is 13.9. The van der Waals surface area contributed by atoms with Crippen molar-refractivity contribution in [2.24, 2.45) is 11.8 Å². The quantitative estimate of drug-likeness (QED) is 0.297. The summed E-state index contributed by atoms with van der Waals surface area (Å²) in [6.45, 7) is 0. The molecule has 3 aromatic carbocycles. The summed E-state index contributed by atoms with van der Waals surface area (Å²) in [5.41, 5.74) is 5.18. The minimum Gasteiger partial charge on any atom is -0.294 e. The van der Waals surface area contributed by atoms with E-state index in [-0.39, 0.29) is 0 Å². The molecule has 3 aliphatic carbocycles. The molecule has 0 N–H and O–H groups in total. The lowest BCUT2D eigenvalue weighted by Crippen LogP contribution is -2.20. The molecule has 3 aliphatic rings. The Bertz CT molecular complexity index is 1140. The second kappa shape index (κ2) is 9.68. The van der Waals surface area contributed by atoms with Crippen molar-refractivity contribution in [2.45, 2.75) is 88.9 Å². The highest BCUT2D eigenvalue weighted by atomic mass is 16.1. The molecule has 0 heterocycles. The molecule has 6 rings (SSSR count). The van der Waals surface area contributed by atoms with E-state index >= 15 is 0 Å². The first-order chi connectivity index (χ1) is 16.7. The molecule has 0 aromatic heterocycles. The number of Topliss-reactive ketones (excluding diaryl/α,β-unsaturated/α-hetero) is 1. The van der Waals surface area contributed by atoms with Crippen LogP contribution in [0.15, 0.2) is 60.7 Å². The predicted molar refractivity (Wildman–Crippen MR) is 142 cm³/mol. The van der Waals surface area contributed by atoms with Crippen LogP contribution in [0.25, 0.3) is 10.8 Å². The van der Waals surface area contributed by atoms with E-state index in [1.165, 1.54) is 92.7 Å². The zero-order valence-corrected chi connectivity index (χ0v) is 20.5. The fraction of sp³-hybridized carbons (Fsp3) is 0.485. The molecule has 0 saturated heterocycles. The molecule has 1 heteroatoms. The van der Waals surface area contributed by atoms with Gasteiger partial charge < -0.3 is 0 Å². The molecule has 0 aliphatic heterocycles. The normalized spacial score (nSPS) is 19.9. The van der Waals surface area contributed by atoms with E-state index in [9.17, 15) is 4.79 Å². The van der Waals surface area contributed by atoms with Crippen LogP contribution in [0.2, 0.25) is 0 Å². The number of hydrogen-bond donors (Lipinski definition) is 0. The first kappa shape index (κ1) is 22.1. The Hall–Kier alpha value is -2.41. The summed E-state index contributed by atoms with van der Waals surface area (Å²) < 4.78 is 0. The third kappa shape index (κ3) is 4.99. The Kier molecular flexibility index (Phi) is 6.29. The van der Waals surface area contributed by atoms with Crippen LogP contribution < -0.4 is 0 Å². The summed E-state index contributed by atoms with van der Waals surface area (Å²) in [5, 5.41) is 2.36. The van der Waals surface area contributed by atoms with Crippen LogP contribution in [-0.2, 0) is 6.42 Å². The third-order valence-corrected chi connectivity index (χ3v) is 8.80. The summed E-state index contributed by atoms with van der Waals surface area (Å²) in [6, 6.07) is 22.5. The summed E-state index contributed by atoms with van der Waals surface area (Å²) in [6.07, 6.45) is 15.1. The van der Waals surface area contributed by atoms with E-state index in [0.717, 1.165) is 16.9 Å². The monoisotopic (exact) mass is 450 g/mol. The minimum atomic E-state index is 0.340. The Balaban J connectivity index is 1.28. The van der Waals surface area contributed by atoms with Crippen LogP contribution in [0.4, 0.5) is 0 Å². The molecule has 0 spiro atoms. The maximum Gasteiger partial charge on any atom is 0.164 e. The van der Waals surface area contributed by atoms with E-state index in [2.05, 4.69) is 60.7 Å². The van der Waals surface area contributed by atoms with Crippen LogP contribution >= 0.6 is 0 Å². The highest BCUT2D eigenvalue weighted by Crippen LogP contribution is 2.43. The lowest BCUT2D eigenvalue weighted by molar-refractivity contribution is 0.0959. The highest BCUT2D eigenvalue weighted by molar-refractivity contribution is 6.08. The molecule has 1 nitrogen and oxygen atoms in total. The van der Waals surface area contributed by atoms with Crippen molar-refractivity contribution in [3.05, 3.63) is 82.9 Å². The van der Waals surface area contributed by atoms with Crippen molar-refractivity contribution in [1.82, 2.24) is 0 Å². The Labute approximate surface area is 205 Å². The lowest BCUT2D eigenvalue weighted by atomic mass is 9.74. The van der Waals surface area contributed by atoms with Gasteiger partial charge >= 0.3 is 0 Å². The van der Waals surface area contributed by atoms with Crippen LogP contribution in [0.5, 0.6) is 0 Å². The smallest absolute Gasteiger partial charge is 0.164 e. The second-order valence-electron chi connectivity index (χ2n) is 11.4. The van der Waals surface area contributed by atoms with Crippen molar-refractivity contribution in [3.63, 3.8) is 0 Å². The summed E-state index contributed by atoms with van der Waals surface area (Å²) >= 11 is 0. The fourth-order valence-electron chi connectivity index (χ4n) is 6.33. The van der Waals surface area contributed by atoms with E-state index in [1.807, 2.05) is 0 Å². The van der Waals surface area contributed by atoms with Crippen molar-refractivity contribution in [3.8, 4) is 0 Å². The Morgan fingerprint density at radius 1 is 0.824 bits per heavy atom. The molecule has 3 saturated carbocycles. The van der Waals surface area contributed by atoms with Gasteiger partial charge in [-0.1, -0.05) is 86.7 Å². The maximum atomic E-state index is 13.9. The number of carbonyl (C=O) groups is 1. The number of fused-ring (bicyclic) bond motifs is 1. The van der Waals surface area contributed by atoms with Gasteiger partial charge in [0.25, 0.3) is 0 Å². The van der Waals surface area contributed by atoms with E-state index < -0.39 is 0 Å². The molecule has 0 unspecified atom stereocenters. The molecule has 1 atom stereocenters. The molecule has 0 amide bonds. The number of rotatable bonds is 9. The van der Waals surface area contributed by atoms with Gasteiger partial charge in [0.2, 0.25) is 0 Å². The molecule has 3 aromatic rings. The molecular weight excluding hydrogens is 412 g/mol. The molecule has 176 valence electrons. The van der Waals surface area contributed by atoms with Gasteiger partial charge in [0.05, 0.1) is 0 Å². The fourth-order valence-corrected chi connectivity index (χ4v) is 6.33. The largest absolute Gasteiger partial charge is 0.294 e. The Morgan fingerprint density at radius 2 is 1.59 bits per heavy atom. The number of ketones is 1.